The molecule has 0 aromatic heterocycles. The minimum Gasteiger partial charge on any atom is -0.465 e. The fourth-order valence-electron chi connectivity index (χ4n) is 1.65. The summed E-state index contributed by atoms with van der Waals surface area (Å²) in [5, 5.41) is -0.310. The monoisotopic (exact) mass is 362 g/mol. The lowest BCUT2D eigenvalue weighted by molar-refractivity contribution is 0.0600. The van der Waals surface area contributed by atoms with Crippen LogP contribution in [0.4, 0.5) is 8.78 Å². The number of carbonyl (C=O) groups excluding carboxylic acids is 1. The zero-order chi connectivity index (χ0) is 17.2. The molecule has 5 nitrogen and oxygen atoms in total. The molecule has 0 unspecified atom stereocenters. The van der Waals surface area contributed by atoms with Crippen molar-refractivity contribution in [2.75, 3.05) is 7.11 Å². The predicted molar refractivity (Wildman–Crippen MR) is 77.0 cm³/mol. The van der Waals surface area contributed by atoms with Crippen LogP contribution >= 0.6 is 11.6 Å². The molecular weight excluding hydrogens is 354 g/mol. The van der Waals surface area contributed by atoms with E-state index in [2.05, 4.69) is 8.92 Å². The molecule has 0 bridgehead atoms. The highest BCUT2D eigenvalue weighted by Crippen LogP contribution is 2.27. The van der Waals surface area contributed by atoms with E-state index in [4.69, 9.17) is 11.6 Å². The van der Waals surface area contributed by atoms with Gasteiger partial charge in [0.05, 0.1) is 17.7 Å². The highest BCUT2D eigenvalue weighted by Gasteiger charge is 2.23. The lowest BCUT2D eigenvalue weighted by Gasteiger charge is -2.10. The van der Waals surface area contributed by atoms with Crippen molar-refractivity contribution >= 4 is 27.7 Å². The minimum absolute atomic E-state index is 0.0319. The maximum absolute atomic E-state index is 13.5. The number of methoxy groups -OCH3 is 1. The van der Waals surface area contributed by atoms with Crippen LogP contribution in [0.3, 0.4) is 0 Å². The van der Waals surface area contributed by atoms with Crippen LogP contribution in [0.15, 0.2) is 41.3 Å². The van der Waals surface area contributed by atoms with Crippen LogP contribution < -0.4 is 4.18 Å². The molecule has 0 aliphatic rings. The molecular formula is C14H9ClF2O5S. The van der Waals surface area contributed by atoms with E-state index in [0.717, 1.165) is 37.4 Å². The number of esters is 1. The molecule has 0 aliphatic heterocycles. The van der Waals surface area contributed by atoms with E-state index in [9.17, 15) is 22.0 Å². The van der Waals surface area contributed by atoms with Crippen molar-refractivity contribution < 1.29 is 30.9 Å². The van der Waals surface area contributed by atoms with Crippen molar-refractivity contribution in [1.82, 2.24) is 0 Å². The second-order valence-corrected chi connectivity index (χ2v) is 6.17. The van der Waals surface area contributed by atoms with Crippen molar-refractivity contribution in [3.05, 3.63) is 58.6 Å². The molecule has 0 spiro atoms. The van der Waals surface area contributed by atoms with E-state index >= 15 is 0 Å². The molecule has 0 amide bonds. The molecule has 9 heteroatoms. The van der Waals surface area contributed by atoms with Crippen molar-refractivity contribution in [3.63, 3.8) is 0 Å². The molecule has 0 aliphatic carbocycles. The summed E-state index contributed by atoms with van der Waals surface area (Å²) in [5.41, 5.74) is 0.0319. The summed E-state index contributed by atoms with van der Waals surface area (Å²) in [4.78, 5) is 10.9. The molecule has 122 valence electrons. The maximum atomic E-state index is 13.5. The first kappa shape index (κ1) is 17.2. The zero-order valence-corrected chi connectivity index (χ0v) is 13.1. The summed E-state index contributed by atoms with van der Waals surface area (Å²) in [6, 6.07) is 5.41. The number of rotatable bonds is 4. The number of hydrogen-bond acceptors (Lipinski definition) is 5. The summed E-state index contributed by atoms with van der Waals surface area (Å²) in [7, 11) is -3.32. The van der Waals surface area contributed by atoms with Gasteiger partial charge in [-0.1, -0.05) is 11.6 Å². The maximum Gasteiger partial charge on any atom is 0.340 e. The van der Waals surface area contributed by atoms with Crippen molar-refractivity contribution in [2.45, 2.75) is 4.90 Å². The zero-order valence-electron chi connectivity index (χ0n) is 11.5. The molecule has 0 saturated carbocycles. The molecule has 0 saturated heterocycles. The fourth-order valence-corrected chi connectivity index (χ4v) is 3.11. The highest BCUT2D eigenvalue weighted by molar-refractivity contribution is 7.87. The van der Waals surface area contributed by atoms with Gasteiger partial charge in [0, 0.05) is 6.07 Å². The Kier molecular flexibility index (Phi) is 4.86. The van der Waals surface area contributed by atoms with Crippen molar-refractivity contribution in [3.8, 4) is 5.75 Å². The van der Waals surface area contributed by atoms with Crippen molar-refractivity contribution in [2.24, 2.45) is 0 Å². The van der Waals surface area contributed by atoms with Gasteiger partial charge in [-0.25, -0.2) is 13.6 Å². The molecule has 2 aromatic carbocycles. The van der Waals surface area contributed by atoms with Gasteiger partial charge in [-0.3, -0.25) is 0 Å². The van der Waals surface area contributed by atoms with E-state index in [1.807, 2.05) is 0 Å². The molecule has 0 fully saturated rings. The van der Waals surface area contributed by atoms with E-state index in [-0.39, 0.29) is 10.6 Å². The molecule has 0 N–H and O–H groups in total. The van der Waals surface area contributed by atoms with Crippen LogP contribution in [-0.4, -0.2) is 21.5 Å². The Morgan fingerprint density at radius 1 is 1.13 bits per heavy atom. The minimum atomic E-state index is -4.48. The van der Waals surface area contributed by atoms with E-state index in [1.54, 1.807) is 0 Å². The first-order chi connectivity index (χ1) is 10.7. The highest BCUT2D eigenvalue weighted by atomic mass is 35.5. The Bertz CT molecular complexity index is 867. The Morgan fingerprint density at radius 2 is 1.83 bits per heavy atom. The normalized spacial score (nSPS) is 11.1. The summed E-state index contributed by atoms with van der Waals surface area (Å²) >= 11 is 5.83. The van der Waals surface area contributed by atoms with Gasteiger partial charge in [0.15, 0.2) is 11.6 Å². The average Bonchev–Trinajstić information content (AvgIpc) is 2.48. The Morgan fingerprint density at radius 3 is 2.39 bits per heavy atom. The summed E-state index contributed by atoms with van der Waals surface area (Å²) in [6.07, 6.45) is 0. The largest absolute Gasteiger partial charge is 0.465 e. The van der Waals surface area contributed by atoms with Gasteiger partial charge in [-0.2, -0.15) is 8.42 Å². The van der Waals surface area contributed by atoms with Crippen LogP contribution in [0.2, 0.25) is 5.02 Å². The average molecular weight is 363 g/mol. The lowest BCUT2D eigenvalue weighted by Crippen LogP contribution is -2.12. The molecule has 2 rings (SSSR count). The summed E-state index contributed by atoms with van der Waals surface area (Å²) < 4.78 is 59.6. The Hall–Kier alpha value is -2.19. The van der Waals surface area contributed by atoms with Gasteiger partial charge in [-0.05, 0) is 30.3 Å². The van der Waals surface area contributed by atoms with E-state index < -0.39 is 38.4 Å². The first-order valence-electron chi connectivity index (χ1n) is 6.02. The van der Waals surface area contributed by atoms with Gasteiger partial charge < -0.3 is 8.92 Å². The number of halogens is 3. The van der Waals surface area contributed by atoms with Crippen LogP contribution in [0, 0.1) is 11.6 Å². The summed E-state index contributed by atoms with van der Waals surface area (Å²) in [6.45, 7) is 0. The van der Waals surface area contributed by atoms with Crippen LogP contribution in [0.5, 0.6) is 5.75 Å². The third-order valence-electron chi connectivity index (χ3n) is 2.72. The first-order valence-corrected chi connectivity index (χ1v) is 7.80. The van der Waals surface area contributed by atoms with Crippen LogP contribution in [-0.2, 0) is 14.9 Å². The van der Waals surface area contributed by atoms with Gasteiger partial charge in [-0.15, -0.1) is 0 Å². The number of hydrogen-bond donors (Lipinski definition) is 0. The number of benzene rings is 2. The van der Waals surface area contributed by atoms with Crippen LogP contribution in [0.1, 0.15) is 10.4 Å². The smallest absolute Gasteiger partial charge is 0.340 e. The number of carbonyl (C=O) groups is 1. The molecule has 2 aromatic rings. The van der Waals surface area contributed by atoms with E-state index in [1.165, 1.54) is 0 Å². The van der Waals surface area contributed by atoms with Crippen LogP contribution in [0.25, 0.3) is 0 Å². The second-order valence-electron chi connectivity index (χ2n) is 4.25. The summed E-state index contributed by atoms with van der Waals surface area (Å²) in [5.74, 6) is -3.45. The van der Waals surface area contributed by atoms with E-state index in [0.29, 0.717) is 6.07 Å². The SMILES string of the molecule is COC(=O)c1ccc(S(=O)(=O)Oc2ccc(F)cc2F)c(Cl)c1. The van der Waals surface area contributed by atoms with Crippen molar-refractivity contribution in [1.29, 1.82) is 0 Å². The fraction of sp³-hybridized carbons (Fsp3) is 0.0714. The van der Waals surface area contributed by atoms with Gasteiger partial charge in [0.2, 0.25) is 0 Å². The van der Waals surface area contributed by atoms with Gasteiger partial charge in [0.1, 0.15) is 10.7 Å². The quantitative estimate of drug-likeness (QED) is 0.617. The number of ether oxygens (including phenoxy) is 1. The second kappa shape index (κ2) is 6.51. The third kappa shape index (κ3) is 3.77. The molecule has 0 heterocycles. The standard InChI is InChI=1S/C14H9ClF2O5S/c1-21-14(18)8-2-5-13(10(15)6-8)23(19,20)22-12-4-3-9(16)7-11(12)17/h2-7H,1H3. The lowest BCUT2D eigenvalue weighted by atomic mass is 10.2. The Labute approximate surface area is 135 Å². The molecule has 0 radical (unpaired) electrons. The molecule has 23 heavy (non-hydrogen) atoms. The molecule has 0 atom stereocenters. The predicted octanol–water partition coefficient (Wildman–Crippen LogP) is 3.17. The van der Waals surface area contributed by atoms with Gasteiger partial charge in [0.25, 0.3) is 0 Å². The third-order valence-corrected chi connectivity index (χ3v) is 4.43. The van der Waals surface area contributed by atoms with Gasteiger partial charge >= 0.3 is 16.1 Å². The topological polar surface area (TPSA) is 69.7 Å². The Balaban J connectivity index is 2.38.